The van der Waals surface area contributed by atoms with Gasteiger partial charge >= 0.3 is 5.69 Å². The largest absolute Gasteiger partial charge is 0.502 e. The van der Waals surface area contributed by atoms with Crippen LogP contribution in [0, 0.1) is 10.1 Å². The molecule has 1 aromatic rings. The van der Waals surface area contributed by atoms with E-state index in [0.29, 0.717) is 0 Å². The first-order valence-electron chi connectivity index (χ1n) is 5.61. The first-order valence-corrected chi connectivity index (χ1v) is 7.05. The number of phenols is 1. The Balaban J connectivity index is 3.37. The zero-order chi connectivity index (χ0) is 15.7. The van der Waals surface area contributed by atoms with Gasteiger partial charge in [0.2, 0.25) is 10.0 Å². The van der Waals surface area contributed by atoms with Crippen LogP contribution >= 0.6 is 0 Å². The number of nitrogens with zero attached hydrogens (tertiary/aromatic N) is 2. The molecule has 0 fully saturated rings. The predicted octanol–water partition coefficient (Wildman–Crippen LogP) is 0.692. The summed E-state index contributed by atoms with van der Waals surface area (Å²) in [5.41, 5.74) is -1.76. The second-order valence-electron chi connectivity index (χ2n) is 4.85. The van der Waals surface area contributed by atoms with E-state index >= 15 is 0 Å². The minimum absolute atomic E-state index is 0.328. The Morgan fingerprint density at radius 2 is 1.95 bits per heavy atom. The third-order valence-corrected chi connectivity index (χ3v) is 5.11. The van der Waals surface area contributed by atoms with Crippen molar-refractivity contribution >= 4 is 15.7 Å². The Morgan fingerprint density at radius 1 is 1.40 bits per heavy atom. The highest BCUT2D eigenvalue weighted by Gasteiger charge is 2.34. The topological polar surface area (TPSA) is 121 Å². The molecule has 112 valence electrons. The molecular weight excluding hydrogens is 288 g/mol. The molecule has 0 aromatic heterocycles. The van der Waals surface area contributed by atoms with Crippen LogP contribution in [0.15, 0.2) is 23.1 Å². The molecule has 1 aromatic carbocycles. The molecule has 0 saturated carbocycles. The molecule has 9 heteroatoms. The fourth-order valence-corrected chi connectivity index (χ4v) is 2.92. The number of nitro benzene ring substituents is 1. The van der Waals surface area contributed by atoms with Gasteiger partial charge in [0.15, 0.2) is 5.75 Å². The molecule has 1 rings (SSSR count). The van der Waals surface area contributed by atoms with Crippen LogP contribution in [0.25, 0.3) is 0 Å². The Bertz CT molecular complexity index is 626. The van der Waals surface area contributed by atoms with E-state index in [0.717, 1.165) is 22.5 Å². The third-order valence-electron chi connectivity index (χ3n) is 3.04. The number of aromatic hydroxyl groups is 1. The summed E-state index contributed by atoms with van der Waals surface area (Å²) >= 11 is 0. The quantitative estimate of drug-likeness (QED) is 0.610. The van der Waals surface area contributed by atoms with Crippen molar-refractivity contribution in [2.75, 3.05) is 13.7 Å². The summed E-state index contributed by atoms with van der Waals surface area (Å²) in [6.45, 7) is 2.61. The van der Waals surface area contributed by atoms with Gasteiger partial charge in [0.1, 0.15) is 0 Å². The number of sulfonamides is 1. The molecule has 0 atom stereocenters. The number of hydrogen-bond acceptors (Lipinski definition) is 6. The summed E-state index contributed by atoms with van der Waals surface area (Å²) in [5, 5.41) is 29.3. The van der Waals surface area contributed by atoms with Gasteiger partial charge in [0.25, 0.3) is 0 Å². The maximum absolute atomic E-state index is 12.3. The zero-order valence-corrected chi connectivity index (χ0v) is 12.1. The molecule has 0 heterocycles. The van der Waals surface area contributed by atoms with Gasteiger partial charge in [-0.2, -0.15) is 4.31 Å². The molecule has 8 nitrogen and oxygen atoms in total. The number of likely N-dealkylation sites (N-methyl/N-ethyl adjacent to an activating group) is 1. The van der Waals surface area contributed by atoms with Crippen molar-refractivity contribution < 1.29 is 23.6 Å². The summed E-state index contributed by atoms with van der Waals surface area (Å²) in [7, 11) is -2.76. The van der Waals surface area contributed by atoms with Crippen LogP contribution in [0.4, 0.5) is 5.69 Å². The number of aliphatic hydroxyl groups is 1. The first kappa shape index (κ1) is 16.3. The number of nitro groups is 1. The van der Waals surface area contributed by atoms with Gasteiger partial charge in [0, 0.05) is 13.1 Å². The Kier molecular flexibility index (Phi) is 4.37. The third kappa shape index (κ3) is 2.89. The van der Waals surface area contributed by atoms with Gasteiger partial charge in [0.05, 0.1) is 22.0 Å². The van der Waals surface area contributed by atoms with E-state index in [1.54, 1.807) is 0 Å². The maximum Gasteiger partial charge on any atom is 0.312 e. The standard InChI is InChI=1S/C11H16N2O6S/c1-11(2,7-14)12(3)20(18,19)8-4-5-10(15)9(6-8)13(16)17/h4-6,14-15H,7H2,1-3H3. The number of aliphatic hydroxyl groups excluding tert-OH is 1. The molecule has 0 radical (unpaired) electrons. The molecule has 0 saturated heterocycles. The molecule has 0 spiro atoms. The Morgan fingerprint density at radius 3 is 2.40 bits per heavy atom. The Labute approximate surface area is 116 Å². The number of phenolic OH excluding ortho intramolecular Hbond substituents is 1. The SMILES string of the molecule is CN(C(C)(C)CO)S(=O)(=O)c1ccc(O)c([N+](=O)[O-])c1. The van der Waals surface area contributed by atoms with Crippen molar-refractivity contribution in [1.29, 1.82) is 0 Å². The van der Waals surface area contributed by atoms with Gasteiger partial charge in [-0.15, -0.1) is 0 Å². The van der Waals surface area contributed by atoms with Crippen LogP contribution < -0.4 is 0 Å². The highest BCUT2D eigenvalue weighted by atomic mass is 32.2. The molecule has 0 bridgehead atoms. The molecule has 0 aliphatic heterocycles. The van der Waals surface area contributed by atoms with Crippen LogP contribution in [-0.4, -0.2) is 47.1 Å². The van der Waals surface area contributed by atoms with Crippen molar-refractivity contribution in [2.45, 2.75) is 24.3 Å². The lowest BCUT2D eigenvalue weighted by Crippen LogP contribution is -2.47. The average Bonchev–Trinajstić information content (AvgIpc) is 2.37. The smallest absolute Gasteiger partial charge is 0.312 e. The minimum Gasteiger partial charge on any atom is -0.502 e. The Hall–Kier alpha value is -1.71. The highest BCUT2D eigenvalue weighted by Crippen LogP contribution is 2.30. The molecule has 0 aliphatic carbocycles. The maximum atomic E-state index is 12.3. The summed E-state index contributed by atoms with van der Waals surface area (Å²) in [5.74, 6) is -0.613. The molecule has 0 amide bonds. The van der Waals surface area contributed by atoms with E-state index in [-0.39, 0.29) is 4.90 Å². The lowest BCUT2D eigenvalue weighted by Gasteiger charge is -2.32. The van der Waals surface area contributed by atoms with Gasteiger partial charge in [-0.05, 0) is 26.0 Å². The zero-order valence-electron chi connectivity index (χ0n) is 11.3. The van der Waals surface area contributed by atoms with E-state index < -0.39 is 38.5 Å². The van der Waals surface area contributed by atoms with E-state index in [1.807, 2.05) is 0 Å². The van der Waals surface area contributed by atoms with E-state index in [9.17, 15) is 28.7 Å². The fraction of sp³-hybridized carbons (Fsp3) is 0.455. The minimum atomic E-state index is -4.02. The monoisotopic (exact) mass is 304 g/mol. The lowest BCUT2D eigenvalue weighted by atomic mass is 10.1. The molecule has 2 N–H and O–H groups in total. The summed E-state index contributed by atoms with van der Waals surface area (Å²) in [4.78, 5) is 9.52. The number of hydrogen-bond donors (Lipinski definition) is 2. The van der Waals surface area contributed by atoms with Crippen molar-refractivity contribution in [1.82, 2.24) is 4.31 Å². The normalized spacial score (nSPS) is 12.7. The van der Waals surface area contributed by atoms with Gasteiger partial charge < -0.3 is 10.2 Å². The number of rotatable bonds is 5. The second-order valence-corrected chi connectivity index (χ2v) is 6.82. The fourth-order valence-electron chi connectivity index (χ4n) is 1.39. The predicted molar refractivity (Wildman–Crippen MR) is 70.9 cm³/mol. The summed E-state index contributed by atoms with van der Waals surface area (Å²) < 4.78 is 25.6. The van der Waals surface area contributed by atoms with Gasteiger partial charge in [-0.1, -0.05) is 0 Å². The lowest BCUT2D eigenvalue weighted by molar-refractivity contribution is -0.386. The van der Waals surface area contributed by atoms with Gasteiger partial charge in [-0.3, -0.25) is 10.1 Å². The second kappa shape index (κ2) is 5.35. The van der Waals surface area contributed by atoms with E-state index in [1.165, 1.54) is 20.9 Å². The van der Waals surface area contributed by atoms with Crippen LogP contribution in [0.5, 0.6) is 5.75 Å². The van der Waals surface area contributed by atoms with Crippen LogP contribution in [0.2, 0.25) is 0 Å². The molecule has 0 aliphatic rings. The van der Waals surface area contributed by atoms with Crippen molar-refractivity contribution in [2.24, 2.45) is 0 Å². The first-order chi connectivity index (χ1) is 9.04. The molecule has 0 unspecified atom stereocenters. The van der Waals surface area contributed by atoms with Crippen molar-refractivity contribution in [3.63, 3.8) is 0 Å². The molecule has 20 heavy (non-hydrogen) atoms. The number of benzene rings is 1. The summed E-state index contributed by atoms with van der Waals surface area (Å²) in [6.07, 6.45) is 0. The van der Waals surface area contributed by atoms with Crippen LogP contribution in [-0.2, 0) is 10.0 Å². The van der Waals surface area contributed by atoms with Crippen LogP contribution in [0.1, 0.15) is 13.8 Å². The molecular formula is C11H16N2O6S. The van der Waals surface area contributed by atoms with Gasteiger partial charge in [-0.25, -0.2) is 8.42 Å². The van der Waals surface area contributed by atoms with Crippen molar-refractivity contribution in [3.05, 3.63) is 28.3 Å². The van der Waals surface area contributed by atoms with Crippen molar-refractivity contribution in [3.8, 4) is 5.75 Å². The van der Waals surface area contributed by atoms with Crippen LogP contribution in [0.3, 0.4) is 0 Å². The highest BCUT2D eigenvalue weighted by molar-refractivity contribution is 7.89. The summed E-state index contributed by atoms with van der Waals surface area (Å²) in [6, 6.07) is 2.81. The average molecular weight is 304 g/mol. The van der Waals surface area contributed by atoms with E-state index in [2.05, 4.69) is 0 Å². The van der Waals surface area contributed by atoms with E-state index in [4.69, 9.17) is 0 Å².